The van der Waals surface area contributed by atoms with Crippen LogP contribution in [0.4, 0.5) is 4.39 Å². The van der Waals surface area contributed by atoms with Crippen LogP contribution in [0.15, 0.2) is 53.4 Å². The lowest BCUT2D eigenvalue weighted by Gasteiger charge is -2.38. The van der Waals surface area contributed by atoms with Crippen LogP contribution >= 0.6 is 11.6 Å². The first-order chi connectivity index (χ1) is 12.8. The Morgan fingerprint density at radius 2 is 1.63 bits per heavy atom. The molecular formula is C19H23ClFN3O2S. The van der Waals surface area contributed by atoms with Crippen molar-refractivity contribution < 1.29 is 12.8 Å². The van der Waals surface area contributed by atoms with Crippen LogP contribution < -0.4 is 4.72 Å². The van der Waals surface area contributed by atoms with Crippen LogP contribution in [0.25, 0.3) is 0 Å². The molecule has 3 rings (SSSR count). The fraction of sp³-hybridized carbons (Fsp3) is 0.368. The highest BCUT2D eigenvalue weighted by Crippen LogP contribution is 2.23. The summed E-state index contributed by atoms with van der Waals surface area (Å²) in [4.78, 5) is 4.64. The predicted molar refractivity (Wildman–Crippen MR) is 105 cm³/mol. The molecule has 0 unspecified atom stereocenters. The molecule has 0 saturated carbocycles. The third-order valence-electron chi connectivity index (χ3n) is 4.82. The SMILES string of the molecule is CN1CCN([C@@H](CNS(=O)(=O)c2ccc(Cl)cc2)c2ccc(F)cc2)CC1. The molecule has 0 spiro atoms. The number of halogens is 2. The van der Waals surface area contributed by atoms with Gasteiger partial charge >= 0.3 is 0 Å². The monoisotopic (exact) mass is 411 g/mol. The third kappa shape index (κ3) is 5.27. The zero-order valence-electron chi connectivity index (χ0n) is 15.1. The lowest BCUT2D eigenvalue weighted by molar-refractivity contribution is 0.113. The standard InChI is InChI=1S/C19H23ClFN3O2S/c1-23-10-12-24(13-11-23)19(15-2-6-17(21)7-3-15)14-22-27(25,26)18-8-4-16(20)5-9-18/h2-9,19,22H,10-14H2,1H3/t19-/m0/s1. The average Bonchev–Trinajstić information content (AvgIpc) is 2.65. The number of hydrogen-bond donors (Lipinski definition) is 1. The summed E-state index contributed by atoms with van der Waals surface area (Å²) in [5.74, 6) is -0.308. The number of likely N-dealkylation sites (N-methyl/N-ethyl adjacent to an activating group) is 1. The maximum absolute atomic E-state index is 13.3. The molecule has 146 valence electrons. The first kappa shape index (κ1) is 20.2. The second-order valence-corrected chi connectivity index (χ2v) is 8.92. The van der Waals surface area contributed by atoms with Crippen LogP contribution in [0.5, 0.6) is 0 Å². The zero-order chi connectivity index (χ0) is 19.4. The molecule has 1 atom stereocenters. The Morgan fingerprint density at radius 1 is 1.04 bits per heavy atom. The van der Waals surface area contributed by atoms with Gasteiger partial charge in [-0.15, -0.1) is 0 Å². The summed E-state index contributed by atoms with van der Waals surface area (Å²) in [6, 6.07) is 12.1. The Labute approximate surface area is 164 Å². The quantitative estimate of drug-likeness (QED) is 0.794. The molecule has 1 fully saturated rings. The second-order valence-electron chi connectivity index (χ2n) is 6.71. The largest absolute Gasteiger partial charge is 0.304 e. The molecule has 1 heterocycles. The molecular weight excluding hydrogens is 389 g/mol. The molecule has 0 aromatic heterocycles. The minimum Gasteiger partial charge on any atom is -0.304 e. The Bertz CT molecular complexity index is 852. The van der Waals surface area contributed by atoms with E-state index in [0.717, 1.165) is 31.7 Å². The maximum atomic E-state index is 13.3. The van der Waals surface area contributed by atoms with Crippen molar-refractivity contribution in [3.8, 4) is 0 Å². The number of piperazine rings is 1. The van der Waals surface area contributed by atoms with Crippen LogP contribution in [-0.2, 0) is 10.0 Å². The van der Waals surface area contributed by atoms with Gasteiger partial charge in [0.15, 0.2) is 0 Å². The van der Waals surface area contributed by atoms with Crippen molar-refractivity contribution in [3.05, 3.63) is 64.9 Å². The molecule has 1 aliphatic rings. The summed E-state index contributed by atoms with van der Waals surface area (Å²) in [6.07, 6.45) is 0. The molecule has 1 aliphatic heterocycles. The Balaban J connectivity index is 1.78. The number of rotatable bonds is 6. The van der Waals surface area contributed by atoms with Crippen molar-refractivity contribution in [2.24, 2.45) is 0 Å². The summed E-state index contributed by atoms with van der Waals surface area (Å²) in [5.41, 5.74) is 0.889. The van der Waals surface area contributed by atoms with Crippen LogP contribution in [0, 0.1) is 5.82 Å². The van der Waals surface area contributed by atoms with Gasteiger partial charge in [-0.2, -0.15) is 0 Å². The van der Waals surface area contributed by atoms with E-state index in [1.807, 2.05) is 0 Å². The maximum Gasteiger partial charge on any atom is 0.240 e. The van der Waals surface area contributed by atoms with Crippen LogP contribution in [0.3, 0.4) is 0 Å². The lowest BCUT2D eigenvalue weighted by Crippen LogP contribution is -2.48. The lowest BCUT2D eigenvalue weighted by atomic mass is 10.0. The van der Waals surface area contributed by atoms with E-state index in [-0.39, 0.29) is 23.3 Å². The fourth-order valence-corrected chi connectivity index (χ4v) is 4.33. The second kappa shape index (κ2) is 8.67. The number of hydrogen-bond acceptors (Lipinski definition) is 4. The topological polar surface area (TPSA) is 52.6 Å². The van der Waals surface area contributed by atoms with E-state index in [1.54, 1.807) is 24.3 Å². The van der Waals surface area contributed by atoms with Crippen molar-refractivity contribution >= 4 is 21.6 Å². The zero-order valence-corrected chi connectivity index (χ0v) is 16.7. The molecule has 0 radical (unpaired) electrons. The molecule has 1 N–H and O–H groups in total. The van der Waals surface area contributed by atoms with Gasteiger partial charge in [-0.05, 0) is 49.0 Å². The molecule has 2 aromatic carbocycles. The minimum atomic E-state index is -3.66. The van der Waals surface area contributed by atoms with Gasteiger partial charge in [0.25, 0.3) is 0 Å². The molecule has 27 heavy (non-hydrogen) atoms. The van der Waals surface area contributed by atoms with E-state index in [0.29, 0.717) is 5.02 Å². The van der Waals surface area contributed by atoms with Crippen molar-refractivity contribution in [1.82, 2.24) is 14.5 Å². The number of nitrogens with one attached hydrogen (secondary N) is 1. The van der Waals surface area contributed by atoms with Gasteiger partial charge in [0, 0.05) is 43.8 Å². The molecule has 1 saturated heterocycles. The molecule has 0 bridgehead atoms. The van der Waals surface area contributed by atoms with Crippen LogP contribution in [-0.4, -0.2) is 58.0 Å². The molecule has 8 heteroatoms. The first-order valence-corrected chi connectivity index (χ1v) is 10.6. The predicted octanol–water partition coefficient (Wildman–Crippen LogP) is 2.75. The van der Waals surface area contributed by atoms with Crippen molar-refractivity contribution in [1.29, 1.82) is 0 Å². The van der Waals surface area contributed by atoms with E-state index < -0.39 is 10.0 Å². The average molecular weight is 412 g/mol. The van der Waals surface area contributed by atoms with Crippen molar-refractivity contribution in [2.45, 2.75) is 10.9 Å². The number of nitrogens with zero attached hydrogens (tertiary/aromatic N) is 2. The van der Waals surface area contributed by atoms with Gasteiger partial charge in [-0.25, -0.2) is 17.5 Å². The summed E-state index contributed by atoms with van der Waals surface area (Å²) in [6.45, 7) is 3.66. The molecule has 0 amide bonds. The summed E-state index contributed by atoms with van der Waals surface area (Å²) >= 11 is 5.84. The molecule has 5 nitrogen and oxygen atoms in total. The van der Waals surface area contributed by atoms with Gasteiger partial charge < -0.3 is 4.90 Å². The van der Waals surface area contributed by atoms with Gasteiger partial charge in [-0.1, -0.05) is 23.7 Å². The van der Waals surface area contributed by atoms with E-state index in [4.69, 9.17) is 11.6 Å². The number of sulfonamides is 1. The van der Waals surface area contributed by atoms with E-state index in [1.165, 1.54) is 24.3 Å². The van der Waals surface area contributed by atoms with Gasteiger partial charge in [0.05, 0.1) is 4.90 Å². The Hall–Kier alpha value is -1.51. The highest BCUT2D eigenvalue weighted by atomic mass is 35.5. The van der Waals surface area contributed by atoms with Gasteiger partial charge in [0.1, 0.15) is 5.82 Å². The van der Waals surface area contributed by atoms with Crippen LogP contribution in [0.2, 0.25) is 5.02 Å². The molecule has 2 aromatic rings. The summed E-state index contributed by atoms with van der Waals surface area (Å²) in [7, 11) is -1.59. The van der Waals surface area contributed by atoms with Crippen LogP contribution in [0.1, 0.15) is 11.6 Å². The summed E-state index contributed by atoms with van der Waals surface area (Å²) in [5, 5.41) is 0.482. The Kier molecular flexibility index (Phi) is 6.49. The van der Waals surface area contributed by atoms with E-state index in [9.17, 15) is 12.8 Å². The van der Waals surface area contributed by atoms with Crippen molar-refractivity contribution in [2.75, 3.05) is 39.8 Å². The minimum absolute atomic E-state index is 0.165. The van der Waals surface area contributed by atoms with Gasteiger partial charge in [-0.3, -0.25) is 4.90 Å². The van der Waals surface area contributed by atoms with Gasteiger partial charge in [0.2, 0.25) is 10.0 Å². The fourth-order valence-electron chi connectivity index (χ4n) is 3.16. The summed E-state index contributed by atoms with van der Waals surface area (Å²) < 4.78 is 41.3. The number of benzene rings is 2. The molecule has 0 aliphatic carbocycles. The smallest absolute Gasteiger partial charge is 0.240 e. The first-order valence-electron chi connectivity index (χ1n) is 8.78. The third-order valence-corrected chi connectivity index (χ3v) is 6.52. The normalized spacial score (nSPS) is 17.7. The Morgan fingerprint density at radius 3 is 2.22 bits per heavy atom. The van der Waals surface area contributed by atoms with Crippen molar-refractivity contribution in [3.63, 3.8) is 0 Å². The highest BCUT2D eigenvalue weighted by Gasteiger charge is 2.26. The highest BCUT2D eigenvalue weighted by molar-refractivity contribution is 7.89. The van der Waals surface area contributed by atoms with E-state index >= 15 is 0 Å². The van der Waals surface area contributed by atoms with E-state index in [2.05, 4.69) is 21.6 Å².